The average molecular weight is 240 g/mol. The van der Waals surface area contributed by atoms with Crippen molar-refractivity contribution in [2.24, 2.45) is 0 Å². The van der Waals surface area contributed by atoms with Crippen LogP contribution in [-0.2, 0) is 13.0 Å². The first-order valence-electron chi connectivity index (χ1n) is 6.11. The zero-order valence-electron chi connectivity index (χ0n) is 9.85. The summed E-state index contributed by atoms with van der Waals surface area (Å²) in [5.41, 5.74) is 1.17. The van der Waals surface area contributed by atoms with Gasteiger partial charge in [-0.15, -0.1) is 11.3 Å². The minimum atomic E-state index is 0.283. The fraction of sp³-hybridized carbons (Fsp3) is 0.750. The van der Waals surface area contributed by atoms with Gasteiger partial charge in [-0.25, -0.2) is 4.98 Å². The molecule has 0 amide bonds. The molecule has 1 aliphatic heterocycles. The third kappa shape index (κ3) is 2.81. The second-order valence-electron chi connectivity index (χ2n) is 4.39. The normalized spacial score (nSPS) is 22.5. The van der Waals surface area contributed by atoms with E-state index in [9.17, 15) is 5.11 Å². The third-order valence-corrected chi connectivity index (χ3v) is 4.27. The molecule has 90 valence electrons. The highest BCUT2D eigenvalue weighted by molar-refractivity contribution is 7.09. The predicted octanol–water partition coefficient (Wildman–Crippen LogP) is 2.05. The maximum Gasteiger partial charge on any atom is 0.0926 e. The molecule has 1 N–H and O–H groups in total. The molecule has 0 bridgehead atoms. The van der Waals surface area contributed by atoms with Gasteiger partial charge in [0.05, 0.1) is 17.3 Å². The first kappa shape index (κ1) is 12.0. The molecule has 0 radical (unpaired) electrons. The highest BCUT2D eigenvalue weighted by Gasteiger charge is 2.22. The van der Waals surface area contributed by atoms with Crippen LogP contribution in [0.1, 0.15) is 36.9 Å². The molecule has 1 aromatic heterocycles. The van der Waals surface area contributed by atoms with Gasteiger partial charge in [0.1, 0.15) is 0 Å². The number of hydrogen-bond acceptors (Lipinski definition) is 4. The van der Waals surface area contributed by atoms with Gasteiger partial charge in [0, 0.05) is 18.0 Å². The van der Waals surface area contributed by atoms with Crippen molar-refractivity contribution in [1.82, 2.24) is 9.88 Å². The van der Waals surface area contributed by atoms with Gasteiger partial charge in [-0.2, -0.15) is 0 Å². The van der Waals surface area contributed by atoms with Crippen LogP contribution in [0.5, 0.6) is 0 Å². The molecule has 2 rings (SSSR count). The van der Waals surface area contributed by atoms with Crippen LogP contribution in [0.15, 0.2) is 5.38 Å². The van der Waals surface area contributed by atoms with Crippen LogP contribution in [0.25, 0.3) is 0 Å². The zero-order chi connectivity index (χ0) is 11.4. The molecule has 2 heterocycles. The van der Waals surface area contributed by atoms with Crippen molar-refractivity contribution in [2.45, 2.75) is 45.2 Å². The number of rotatable bonds is 4. The largest absolute Gasteiger partial charge is 0.395 e. The summed E-state index contributed by atoms with van der Waals surface area (Å²) in [6, 6.07) is 0.348. The molecule has 0 saturated carbocycles. The van der Waals surface area contributed by atoms with Crippen LogP contribution < -0.4 is 0 Å². The quantitative estimate of drug-likeness (QED) is 0.875. The van der Waals surface area contributed by atoms with Crippen LogP contribution >= 0.6 is 11.3 Å². The lowest BCUT2D eigenvalue weighted by Gasteiger charge is -2.33. The third-order valence-electron chi connectivity index (χ3n) is 3.23. The number of aromatic nitrogens is 1. The summed E-state index contributed by atoms with van der Waals surface area (Å²) < 4.78 is 0. The van der Waals surface area contributed by atoms with Gasteiger partial charge < -0.3 is 5.11 Å². The summed E-state index contributed by atoms with van der Waals surface area (Å²) in [5, 5.41) is 12.7. The topological polar surface area (TPSA) is 36.4 Å². The first-order chi connectivity index (χ1) is 7.83. The Labute approximate surface area is 101 Å². The highest BCUT2D eigenvalue weighted by atomic mass is 32.1. The van der Waals surface area contributed by atoms with Crippen molar-refractivity contribution in [2.75, 3.05) is 13.2 Å². The monoisotopic (exact) mass is 240 g/mol. The number of aliphatic hydroxyl groups excluding tert-OH is 1. The maximum atomic E-state index is 9.33. The van der Waals surface area contributed by atoms with E-state index in [2.05, 4.69) is 22.2 Å². The number of aryl methyl sites for hydroxylation is 1. The Balaban J connectivity index is 1.96. The Morgan fingerprint density at radius 2 is 2.44 bits per heavy atom. The Morgan fingerprint density at radius 1 is 1.56 bits per heavy atom. The number of likely N-dealkylation sites (tertiary alicyclic amines) is 1. The number of piperidine rings is 1. The summed E-state index contributed by atoms with van der Waals surface area (Å²) in [7, 11) is 0. The van der Waals surface area contributed by atoms with E-state index in [0.717, 1.165) is 25.9 Å². The molecule has 1 atom stereocenters. The number of aliphatic hydroxyl groups is 1. The highest BCUT2D eigenvalue weighted by Crippen LogP contribution is 2.20. The minimum Gasteiger partial charge on any atom is -0.395 e. The van der Waals surface area contributed by atoms with Gasteiger partial charge >= 0.3 is 0 Å². The summed E-state index contributed by atoms with van der Waals surface area (Å²) in [4.78, 5) is 6.96. The fourth-order valence-electron chi connectivity index (χ4n) is 2.27. The van der Waals surface area contributed by atoms with Crippen LogP contribution in [0.3, 0.4) is 0 Å². The summed E-state index contributed by atoms with van der Waals surface area (Å²) in [5.74, 6) is 0. The lowest BCUT2D eigenvalue weighted by Crippen LogP contribution is -2.41. The Morgan fingerprint density at radius 3 is 3.12 bits per heavy atom. The van der Waals surface area contributed by atoms with E-state index in [1.807, 2.05) is 0 Å². The zero-order valence-corrected chi connectivity index (χ0v) is 10.7. The van der Waals surface area contributed by atoms with Crippen molar-refractivity contribution in [3.8, 4) is 0 Å². The van der Waals surface area contributed by atoms with E-state index >= 15 is 0 Å². The number of nitrogens with zero attached hydrogens (tertiary/aromatic N) is 2. The second kappa shape index (κ2) is 5.75. The molecular weight excluding hydrogens is 220 g/mol. The molecule has 16 heavy (non-hydrogen) atoms. The van der Waals surface area contributed by atoms with Crippen LogP contribution in [-0.4, -0.2) is 34.2 Å². The summed E-state index contributed by atoms with van der Waals surface area (Å²) in [6.45, 7) is 4.43. The fourth-order valence-corrected chi connectivity index (χ4v) is 3.00. The van der Waals surface area contributed by atoms with Crippen molar-refractivity contribution in [3.63, 3.8) is 0 Å². The summed E-state index contributed by atoms with van der Waals surface area (Å²) in [6.07, 6.45) is 4.65. The lowest BCUT2D eigenvalue weighted by atomic mass is 10.0. The van der Waals surface area contributed by atoms with Crippen molar-refractivity contribution < 1.29 is 5.11 Å². The van der Waals surface area contributed by atoms with Gasteiger partial charge in [0.25, 0.3) is 0 Å². The molecule has 3 nitrogen and oxygen atoms in total. The SMILES string of the molecule is CCc1nc(CN2CCCCC2CO)cs1. The van der Waals surface area contributed by atoms with Gasteiger partial charge in [-0.3, -0.25) is 4.90 Å². The van der Waals surface area contributed by atoms with Gasteiger partial charge in [0.15, 0.2) is 0 Å². The smallest absolute Gasteiger partial charge is 0.0926 e. The standard InChI is InChI=1S/C12H20N2OS/c1-2-12-13-10(9-16-12)7-14-6-4-3-5-11(14)8-15/h9,11,15H,2-8H2,1H3. The Kier molecular flexibility index (Phi) is 4.32. The second-order valence-corrected chi connectivity index (χ2v) is 5.33. The van der Waals surface area contributed by atoms with E-state index < -0.39 is 0 Å². The predicted molar refractivity (Wildman–Crippen MR) is 66.6 cm³/mol. The first-order valence-corrected chi connectivity index (χ1v) is 6.99. The number of thiazole rings is 1. The van der Waals surface area contributed by atoms with E-state index in [4.69, 9.17) is 0 Å². The Bertz CT molecular complexity index is 327. The van der Waals surface area contributed by atoms with E-state index in [0.29, 0.717) is 6.04 Å². The average Bonchev–Trinajstić information content (AvgIpc) is 2.77. The van der Waals surface area contributed by atoms with E-state index in [1.54, 1.807) is 11.3 Å². The van der Waals surface area contributed by atoms with Gasteiger partial charge in [-0.05, 0) is 25.8 Å². The Hall–Kier alpha value is -0.450. The van der Waals surface area contributed by atoms with Crippen molar-refractivity contribution in [1.29, 1.82) is 0 Å². The van der Waals surface area contributed by atoms with Crippen molar-refractivity contribution >= 4 is 11.3 Å². The van der Waals surface area contributed by atoms with Gasteiger partial charge in [-0.1, -0.05) is 13.3 Å². The maximum absolute atomic E-state index is 9.33. The molecule has 1 fully saturated rings. The molecule has 1 saturated heterocycles. The molecule has 0 spiro atoms. The minimum absolute atomic E-state index is 0.283. The van der Waals surface area contributed by atoms with Crippen molar-refractivity contribution in [3.05, 3.63) is 16.1 Å². The molecule has 1 unspecified atom stereocenters. The van der Waals surface area contributed by atoms with Crippen LogP contribution in [0.2, 0.25) is 0 Å². The lowest BCUT2D eigenvalue weighted by molar-refractivity contribution is 0.0832. The molecular formula is C12H20N2OS. The van der Waals surface area contributed by atoms with Crippen LogP contribution in [0, 0.1) is 0 Å². The number of hydrogen-bond donors (Lipinski definition) is 1. The summed E-state index contributed by atoms with van der Waals surface area (Å²) >= 11 is 1.75. The van der Waals surface area contributed by atoms with E-state index in [-0.39, 0.29) is 6.61 Å². The molecule has 1 aliphatic rings. The van der Waals surface area contributed by atoms with Crippen LogP contribution in [0.4, 0.5) is 0 Å². The van der Waals surface area contributed by atoms with Gasteiger partial charge in [0.2, 0.25) is 0 Å². The van der Waals surface area contributed by atoms with E-state index in [1.165, 1.54) is 23.5 Å². The molecule has 4 heteroatoms. The molecule has 0 aliphatic carbocycles. The molecule has 1 aromatic rings. The molecule has 0 aromatic carbocycles.